The quantitative estimate of drug-likeness (QED) is 0.891. The number of ether oxygens (including phenoxy) is 1. The third kappa shape index (κ3) is 3.70. The van der Waals surface area contributed by atoms with Crippen LogP contribution in [0.2, 0.25) is 5.02 Å². The summed E-state index contributed by atoms with van der Waals surface area (Å²) in [5.74, 6) is 0. The van der Waals surface area contributed by atoms with Gasteiger partial charge < -0.3 is 9.84 Å². The van der Waals surface area contributed by atoms with E-state index in [0.29, 0.717) is 25.9 Å². The molecule has 0 atom stereocenters. The van der Waals surface area contributed by atoms with Crippen molar-refractivity contribution in [1.29, 1.82) is 0 Å². The van der Waals surface area contributed by atoms with Gasteiger partial charge in [0.25, 0.3) is 0 Å². The van der Waals surface area contributed by atoms with Crippen molar-refractivity contribution in [3.05, 3.63) is 70.2 Å². The van der Waals surface area contributed by atoms with Crippen LogP contribution in [0.5, 0.6) is 0 Å². The molecule has 1 aliphatic carbocycles. The van der Waals surface area contributed by atoms with Crippen LogP contribution < -0.4 is 0 Å². The van der Waals surface area contributed by atoms with E-state index in [2.05, 4.69) is 18.2 Å². The van der Waals surface area contributed by atoms with Gasteiger partial charge in [0.2, 0.25) is 0 Å². The predicted octanol–water partition coefficient (Wildman–Crippen LogP) is 4.30. The number of benzene rings is 2. The largest absolute Gasteiger partial charge is 0.389 e. The molecule has 1 saturated carbocycles. The summed E-state index contributed by atoms with van der Waals surface area (Å²) in [5.41, 5.74) is 2.72. The van der Waals surface area contributed by atoms with E-state index in [4.69, 9.17) is 16.3 Å². The van der Waals surface area contributed by atoms with Gasteiger partial charge in [-0.05, 0) is 29.7 Å². The van der Waals surface area contributed by atoms with Crippen LogP contribution >= 0.6 is 11.6 Å². The SMILES string of the molecule is Cc1cc(CC2(O)CC(OCc3ccccc3)C2)ccc1Cl. The summed E-state index contributed by atoms with van der Waals surface area (Å²) in [6, 6.07) is 16.1. The van der Waals surface area contributed by atoms with Crippen molar-refractivity contribution in [3.8, 4) is 0 Å². The lowest BCUT2D eigenvalue weighted by molar-refractivity contribution is -0.143. The minimum atomic E-state index is -0.637. The van der Waals surface area contributed by atoms with Gasteiger partial charge in [-0.25, -0.2) is 0 Å². The highest BCUT2D eigenvalue weighted by Gasteiger charge is 2.43. The highest BCUT2D eigenvalue weighted by Crippen LogP contribution is 2.38. The molecular weight excluding hydrogens is 296 g/mol. The van der Waals surface area contributed by atoms with Crippen molar-refractivity contribution < 1.29 is 9.84 Å². The Labute approximate surface area is 136 Å². The second-order valence-electron chi connectivity index (χ2n) is 6.31. The fourth-order valence-electron chi connectivity index (χ4n) is 3.04. The van der Waals surface area contributed by atoms with Gasteiger partial charge >= 0.3 is 0 Å². The fourth-order valence-corrected chi connectivity index (χ4v) is 3.15. The van der Waals surface area contributed by atoms with Crippen molar-refractivity contribution in [3.63, 3.8) is 0 Å². The van der Waals surface area contributed by atoms with Gasteiger partial charge in [-0.15, -0.1) is 0 Å². The molecule has 0 bridgehead atoms. The maximum Gasteiger partial charge on any atom is 0.0737 e. The molecule has 0 aromatic heterocycles. The highest BCUT2D eigenvalue weighted by molar-refractivity contribution is 6.31. The summed E-state index contributed by atoms with van der Waals surface area (Å²) in [4.78, 5) is 0. The van der Waals surface area contributed by atoms with Crippen LogP contribution in [0, 0.1) is 6.92 Å². The van der Waals surface area contributed by atoms with Crippen molar-refractivity contribution >= 4 is 11.6 Å². The average Bonchev–Trinajstić information content (AvgIpc) is 2.48. The molecule has 0 amide bonds. The zero-order valence-corrected chi connectivity index (χ0v) is 13.5. The van der Waals surface area contributed by atoms with Crippen LogP contribution in [0.25, 0.3) is 0 Å². The second kappa shape index (κ2) is 6.41. The van der Waals surface area contributed by atoms with Crippen molar-refractivity contribution in [2.24, 2.45) is 0 Å². The van der Waals surface area contributed by atoms with Crippen LogP contribution in [-0.2, 0) is 17.8 Å². The third-order valence-electron chi connectivity index (χ3n) is 4.30. The molecule has 2 aromatic rings. The first kappa shape index (κ1) is 15.5. The lowest BCUT2D eigenvalue weighted by Gasteiger charge is -2.43. The van der Waals surface area contributed by atoms with E-state index in [1.165, 1.54) is 5.56 Å². The van der Waals surface area contributed by atoms with E-state index < -0.39 is 5.60 Å². The van der Waals surface area contributed by atoms with E-state index in [0.717, 1.165) is 16.1 Å². The number of rotatable bonds is 5. The Morgan fingerprint density at radius 1 is 1.14 bits per heavy atom. The topological polar surface area (TPSA) is 29.5 Å². The van der Waals surface area contributed by atoms with Gasteiger partial charge in [-0.3, -0.25) is 0 Å². The Kier molecular flexibility index (Phi) is 4.53. The molecule has 1 aliphatic rings. The Balaban J connectivity index is 1.49. The van der Waals surface area contributed by atoms with Gasteiger partial charge in [-0.2, -0.15) is 0 Å². The van der Waals surface area contributed by atoms with Gasteiger partial charge in [0.1, 0.15) is 0 Å². The van der Waals surface area contributed by atoms with Crippen LogP contribution in [0.1, 0.15) is 29.5 Å². The van der Waals surface area contributed by atoms with E-state index >= 15 is 0 Å². The molecule has 1 fully saturated rings. The fraction of sp³-hybridized carbons (Fsp3) is 0.368. The van der Waals surface area contributed by atoms with E-state index in [-0.39, 0.29) is 6.10 Å². The molecule has 0 heterocycles. The molecule has 0 saturated heterocycles. The summed E-state index contributed by atoms with van der Waals surface area (Å²) in [6.07, 6.45) is 2.21. The number of halogens is 1. The van der Waals surface area contributed by atoms with Crippen LogP contribution in [0.4, 0.5) is 0 Å². The zero-order valence-electron chi connectivity index (χ0n) is 12.8. The van der Waals surface area contributed by atoms with Gasteiger partial charge in [0.15, 0.2) is 0 Å². The summed E-state index contributed by atoms with van der Waals surface area (Å²) in [5, 5.41) is 11.3. The first-order valence-electron chi connectivity index (χ1n) is 7.67. The average molecular weight is 317 g/mol. The minimum absolute atomic E-state index is 0.151. The normalized spacial score (nSPS) is 24.0. The standard InChI is InChI=1S/C19H21ClO2/c1-14-9-16(7-8-18(14)20)10-19(21)11-17(12-19)22-13-15-5-3-2-4-6-15/h2-9,17,21H,10-13H2,1H3. The molecule has 0 unspecified atom stereocenters. The summed E-state index contributed by atoms with van der Waals surface area (Å²) >= 11 is 6.04. The molecule has 116 valence electrons. The number of aryl methyl sites for hydroxylation is 1. The molecule has 1 N–H and O–H groups in total. The molecule has 0 spiro atoms. The molecular formula is C19H21ClO2. The number of hydrogen-bond donors (Lipinski definition) is 1. The van der Waals surface area contributed by atoms with Gasteiger partial charge in [0, 0.05) is 24.3 Å². The van der Waals surface area contributed by atoms with Crippen LogP contribution in [0.3, 0.4) is 0 Å². The molecule has 0 radical (unpaired) electrons. The third-order valence-corrected chi connectivity index (χ3v) is 4.72. The number of hydrogen-bond acceptors (Lipinski definition) is 2. The Bertz CT molecular complexity index is 633. The summed E-state index contributed by atoms with van der Waals surface area (Å²) in [7, 11) is 0. The molecule has 3 rings (SSSR count). The Morgan fingerprint density at radius 3 is 2.55 bits per heavy atom. The van der Waals surface area contributed by atoms with Crippen molar-refractivity contribution in [1.82, 2.24) is 0 Å². The van der Waals surface area contributed by atoms with E-state index in [1.54, 1.807) is 0 Å². The van der Waals surface area contributed by atoms with E-state index in [1.807, 2.05) is 37.3 Å². The van der Waals surface area contributed by atoms with Gasteiger partial charge in [0.05, 0.1) is 18.3 Å². The minimum Gasteiger partial charge on any atom is -0.389 e. The first-order chi connectivity index (χ1) is 10.5. The van der Waals surface area contributed by atoms with Crippen molar-refractivity contribution in [2.45, 2.75) is 44.5 Å². The van der Waals surface area contributed by atoms with Crippen molar-refractivity contribution in [2.75, 3.05) is 0 Å². The second-order valence-corrected chi connectivity index (χ2v) is 6.72. The lowest BCUT2D eigenvalue weighted by Crippen LogP contribution is -2.49. The molecule has 2 aromatic carbocycles. The Hall–Kier alpha value is -1.35. The van der Waals surface area contributed by atoms with Crippen LogP contribution in [-0.4, -0.2) is 16.8 Å². The maximum atomic E-state index is 10.6. The molecule has 22 heavy (non-hydrogen) atoms. The number of aliphatic hydroxyl groups is 1. The smallest absolute Gasteiger partial charge is 0.0737 e. The highest BCUT2D eigenvalue weighted by atomic mass is 35.5. The first-order valence-corrected chi connectivity index (χ1v) is 8.05. The zero-order chi connectivity index (χ0) is 15.6. The van der Waals surface area contributed by atoms with E-state index in [9.17, 15) is 5.11 Å². The molecule has 3 heteroatoms. The van der Waals surface area contributed by atoms with Crippen LogP contribution in [0.15, 0.2) is 48.5 Å². The predicted molar refractivity (Wildman–Crippen MR) is 89.1 cm³/mol. The summed E-state index contributed by atoms with van der Waals surface area (Å²) < 4.78 is 5.86. The Morgan fingerprint density at radius 2 is 1.86 bits per heavy atom. The maximum absolute atomic E-state index is 10.6. The molecule has 2 nitrogen and oxygen atoms in total. The lowest BCUT2D eigenvalue weighted by atomic mass is 9.73. The monoisotopic (exact) mass is 316 g/mol. The van der Waals surface area contributed by atoms with Gasteiger partial charge in [-0.1, -0.05) is 54.1 Å². The summed E-state index contributed by atoms with van der Waals surface area (Å²) in [6.45, 7) is 2.60. The molecule has 0 aliphatic heterocycles.